The zero-order valence-corrected chi connectivity index (χ0v) is 18.7. The first-order valence-electron chi connectivity index (χ1n) is 11.3. The van der Waals surface area contributed by atoms with Crippen molar-refractivity contribution in [1.82, 2.24) is 24.8 Å². The van der Waals surface area contributed by atoms with Gasteiger partial charge in [-0.05, 0) is 44.4 Å². The Morgan fingerprint density at radius 3 is 2.65 bits per heavy atom. The van der Waals surface area contributed by atoms with Crippen molar-refractivity contribution in [3.05, 3.63) is 12.2 Å². The number of carbonyl (C=O) groups excluding carboxylic acids is 1. The Labute approximate surface area is 198 Å². The molecule has 1 unspecified atom stereocenters. The van der Waals surface area contributed by atoms with Gasteiger partial charge in [0.05, 0.1) is 6.33 Å². The Balaban J connectivity index is 0.00000324. The minimum atomic E-state index is -1.43. The molecular formula is C23H34N6O5. The number of nitrogens with zero attached hydrogens (tertiary/aromatic N) is 4. The number of nitrogens with two attached hydrogens (primary N) is 1. The number of aromatic nitrogens is 4. The maximum absolute atomic E-state index is 12.2. The molecule has 34 heavy (non-hydrogen) atoms. The molecular weight excluding hydrogens is 440 g/mol. The molecule has 2 aromatic heterocycles. The van der Waals surface area contributed by atoms with E-state index < -0.39 is 36.0 Å². The molecule has 0 bridgehead atoms. The predicted octanol–water partition coefficient (Wildman–Crippen LogP) is 0.483. The van der Waals surface area contributed by atoms with Gasteiger partial charge < -0.3 is 31.1 Å². The quantitative estimate of drug-likeness (QED) is 0.396. The highest BCUT2D eigenvalue weighted by atomic mass is 16.6. The summed E-state index contributed by atoms with van der Waals surface area (Å²) in [7, 11) is 0. The monoisotopic (exact) mass is 474 g/mol. The standard InChI is InChI=1S/C22H30N6O5.CH4/c1-3-12-5-8-22(32,9-6-12)10-7-13-26-18(23)14-19(27-13)28(11-25-14)21-16(30)15(29)17(33-21)20(31)24-4-2;/h11-12,15-17,21,29-30,32H,3-6,8-9H2,1-2H3,(H,24,31)(H2,23,26,27);1H4/t12?,15-,16?,17+,21-,22?;/m1./s1. The topological polar surface area (TPSA) is 169 Å². The Bertz CT molecular complexity index is 1080. The molecule has 11 heteroatoms. The summed E-state index contributed by atoms with van der Waals surface area (Å²) in [4.78, 5) is 24.9. The van der Waals surface area contributed by atoms with Crippen LogP contribution in [-0.2, 0) is 9.53 Å². The largest absolute Gasteiger partial charge is 0.387 e. The van der Waals surface area contributed by atoms with Crippen LogP contribution >= 0.6 is 0 Å². The average Bonchev–Trinajstić information content (AvgIpc) is 3.35. The Hall–Kier alpha value is -2.78. The fourth-order valence-electron chi connectivity index (χ4n) is 4.42. The molecule has 1 aliphatic heterocycles. The summed E-state index contributed by atoms with van der Waals surface area (Å²) in [5, 5.41) is 34.2. The van der Waals surface area contributed by atoms with Crippen molar-refractivity contribution in [2.45, 2.75) is 83.5 Å². The van der Waals surface area contributed by atoms with Gasteiger partial charge in [-0.15, -0.1) is 0 Å². The third kappa shape index (κ3) is 4.86. The van der Waals surface area contributed by atoms with E-state index in [9.17, 15) is 20.1 Å². The van der Waals surface area contributed by atoms with E-state index in [2.05, 4.69) is 39.0 Å². The van der Waals surface area contributed by atoms with Gasteiger partial charge in [0.1, 0.15) is 23.3 Å². The number of ether oxygens (including phenoxy) is 1. The molecule has 0 radical (unpaired) electrons. The fraction of sp³-hybridized carbons (Fsp3) is 0.652. The second-order valence-corrected chi connectivity index (χ2v) is 8.71. The molecule has 4 atom stereocenters. The van der Waals surface area contributed by atoms with Crippen molar-refractivity contribution < 1.29 is 24.9 Å². The summed E-state index contributed by atoms with van der Waals surface area (Å²) in [5.74, 6) is 6.00. The summed E-state index contributed by atoms with van der Waals surface area (Å²) < 4.78 is 7.05. The van der Waals surface area contributed by atoms with Gasteiger partial charge in [-0.2, -0.15) is 0 Å². The van der Waals surface area contributed by atoms with Gasteiger partial charge in [0, 0.05) is 6.54 Å². The maximum Gasteiger partial charge on any atom is 0.252 e. The van der Waals surface area contributed by atoms with Crippen LogP contribution in [0.2, 0.25) is 0 Å². The van der Waals surface area contributed by atoms with Crippen LogP contribution in [0.4, 0.5) is 5.82 Å². The highest BCUT2D eigenvalue weighted by Crippen LogP contribution is 2.34. The number of amides is 1. The van der Waals surface area contributed by atoms with Gasteiger partial charge in [-0.3, -0.25) is 9.36 Å². The number of aliphatic hydroxyl groups excluding tert-OH is 2. The highest BCUT2D eigenvalue weighted by molar-refractivity contribution is 5.83. The van der Waals surface area contributed by atoms with Crippen LogP contribution in [0.25, 0.3) is 11.2 Å². The fourth-order valence-corrected chi connectivity index (χ4v) is 4.42. The summed E-state index contributed by atoms with van der Waals surface area (Å²) in [6, 6.07) is 0. The van der Waals surface area contributed by atoms with E-state index in [1.807, 2.05) is 0 Å². The number of hydrogen-bond acceptors (Lipinski definition) is 9. The molecule has 6 N–H and O–H groups in total. The molecule has 11 nitrogen and oxygen atoms in total. The zero-order chi connectivity index (χ0) is 23.8. The number of nitrogen functional groups attached to an aromatic ring is 1. The van der Waals surface area contributed by atoms with Crippen molar-refractivity contribution in [2.24, 2.45) is 5.92 Å². The Morgan fingerprint density at radius 1 is 1.29 bits per heavy atom. The van der Waals surface area contributed by atoms with Crippen molar-refractivity contribution in [3.63, 3.8) is 0 Å². The Kier molecular flexibility index (Phi) is 7.77. The van der Waals surface area contributed by atoms with Crippen molar-refractivity contribution >= 4 is 22.9 Å². The lowest BCUT2D eigenvalue weighted by molar-refractivity contribution is -0.137. The summed E-state index contributed by atoms with van der Waals surface area (Å²) in [6.45, 7) is 4.25. The van der Waals surface area contributed by atoms with E-state index in [4.69, 9.17) is 10.5 Å². The Morgan fingerprint density at radius 2 is 2.00 bits per heavy atom. The SMILES string of the molecule is C.CCNC(=O)[C@H]1O[C@@H](n2cnc3c(N)nc(C#CC4(O)CCC(CC)CC4)nc32)C(O)[C@H]1O. The van der Waals surface area contributed by atoms with Crippen molar-refractivity contribution in [1.29, 1.82) is 0 Å². The number of nitrogens with one attached hydrogen (secondary N) is 1. The summed E-state index contributed by atoms with van der Waals surface area (Å²) in [5.41, 5.74) is 5.47. The van der Waals surface area contributed by atoms with E-state index in [1.165, 1.54) is 10.9 Å². The summed E-state index contributed by atoms with van der Waals surface area (Å²) in [6.07, 6.45) is 0.298. The van der Waals surface area contributed by atoms with Crippen LogP contribution in [-0.4, -0.2) is 71.2 Å². The van der Waals surface area contributed by atoms with Crippen LogP contribution in [0.1, 0.15) is 65.4 Å². The molecule has 1 saturated carbocycles. The molecule has 4 rings (SSSR count). The molecule has 2 fully saturated rings. The molecule has 1 saturated heterocycles. The molecule has 2 aliphatic rings. The maximum atomic E-state index is 12.2. The first-order valence-corrected chi connectivity index (χ1v) is 11.3. The van der Waals surface area contributed by atoms with Crippen LogP contribution in [0.3, 0.4) is 0 Å². The van der Waals surface area contributed by atoms with Crippen LogP contribution in [0.5, 0.6) is 0 Å². The van der Waals surface area contributed by atoms with Gasteiger partial charge in [0.2, 0.25) is 5.82 Å². The molecule has 3 heterocycles. The van der Waals surface area contributed by atoms with Gasteiger partial charge in [-0.1, -0.05) is 26.7 Å². The third-order valence-corrected chi connectivity index (χ3v) is 6.49. The smallest absolute Gasteiger partial charge is 0.252 e. The number of rotatable bonds is 4. The zero-order valence-electron chi connectivity index (χ0n) is 18.7. The van der Waals surface area contributed by atoms with E-state index in [1.54, 1.807) is 6.92 Å². The van der Waals surface area contributed by atoms with Crippen molar-refractivity contribution in [3.8, 4) is 11.8 Å². The molecule has 1 amide bonds. The van der Waals surface area contributed by atoms with Crippen LogP contribution < -0.4 is 11.1 Å². The lowest BCUT2D eigenvalue weighted by Crippen LogP contribution is -2.42. The number of fused-ring (bicyclic) bond motifs is 1. The number of imidazole rings is 1. The average molecular weight is 475 g/mol. The highest BCUT2D eigenvalue weighted by Gasteiger charge is 2.47. The summed E-state index contributed by atoms with van der Waals surface area (Å²) >= 11 is 0. The molecule has 1 aliphatic carbocycles. The lowest BCUT2D eigenvalue weighted by atomic mass is 9.78. The number of aliphatic hydroxyl groups is 3. The van der Waals surface area contributed by atoms with Gasteiger partial charge in [0.15, 0.2) is 23.8 Å². The molecule has 0 spiro atoms. The minimum absolute atomic E-state index is 0. The van der Waals surface area contributed by atoms with E-state index in [-0.39, 0.29) is 30.2 Å². The van der Waals surface area contributed by atoms with E-state index in [0.29, 0.717) is 25.3 Å². The molecule has 2 aromatic rings. The van der Waals surface area contributed by atoms with E-state index >= 15 is 0 Å². The second kappa shape index (κ2) is 10.2. The minimum Gasteiger partial charge on any atom is -0.387 e. The lowest BCUT2D eigenvalue weighted by Gasteiger charge is -2.31. The van der Waals surface area contributed by atoms with Gasteiger partial charge in [-0.25, -0.2) is 15.0 Å². The normalized spacial score (nSPS) is 30.9. The van der Waals surface area contributed by atoms with Crippen molar-refractivity contribution in [2.75, 3.05) is 12.3 Å². The second-order valence-electron chi connectivity index (χ2n) is 8.71. The number of carbonyl (C=O) groups is 1. The first kappa shape index (κ1) is 25.8. The van der Waals surface area contributed by atoms with Crippen LogP contribution in [0.15, 0.2) is 6.33 Å². The van der Waals surface area contributed by atoms with Gasteiger partial charge >= 0.3 is 0 Å². The first-order chi connectivity index (χ1) is 15.8. The number of anilines is 1. The number of likely N-dealkylation sites (N-methyl/N-ethyl adjacent to an activating group) is 1. The number of hydrogen-bond donors (Lipinski definition) is 5. The predicted molar refractivity (Wildman–Crippen MR) is 125 cm³/mol. The molecule has 0 aromatic carbocycles. The van der Waals surface area contributed by atoms with Crippen LogP contribution in [0, 0.1) is 17.8 Å². The van der Waals surface area contributed by atoms with Gasteiger partial charge in [0.25, 0.3) is 5.91 Å². The van der Waals surface area contributed by atoms with E-state index in [0.717, 1.165) is 19.3 Å². The molecule has 186 valence electrons. The third-order valence-electron chi connectivity index (χ3n) is 6.49.